The van der Waals surface area contributed by atoms with E-state index in [0.717, 1.165) is 17.4 Å². The predicted molar refractivity (Wildman–Crippen MR) is 71.8 cm³/mol. The molecule has 0 radical (unpaired) electrons. The van der Waals surface area contributed by atoms with Gasteiger partial charge in [0.25, 0.3) is 0 Å². The Labute approximate surface area is 104 Å². The summed E-state index contributed by atoms with van der Waals surface area (Å²) in [4.78, 5) is 13.3. The van der Waals surface area contributed by atoms with Crippen molar-refractivity contribution >= 4 is 12.0 Å². The van der Waals surface area contributed by atoms with Crippen LogP contribution in [-0.2, 0) is 0 Å². The number of aldehydes is 1. The molecule has 0 N–H and O–H groups in total. The van der Waals surface area contributed by atoms with Gasteiger partial charge < -0.3 is 4.90 Å². The van der Waals surface area contributed by atoms with Gasteiger partial charge in [-0.1, -0.05) is 6.92 Å². The maximum Gasteiger partial charge on any atom is 0.150 e. The molecule has 0 spiro atoms. The normalized spacial score (nSPS) is 24.1. The smallest absolute Gasteiger partial charge is 0.150 e. The molecule has 0 aliphatic carbocycles. The molecule has 2 unspecified atom stereocenters. The van der Waals surface area contributed by atoms with Crippen molar-refractivity contribution in [2.45, 2.75) is 52.1 Å². The van der Waals surface area contributed by atoms with E-state index in [1.807, 2.05) is 13.0 Å². The van der Waals surface area contributed by atoms with Gasteiger partial charge in [-0.2, -0.15) is 0 Å². The molecule has 2 nitrogen and oxygen atoms in total. The highest BCUT2D eigenvalue weighted by Gasteiger charge is 2.29. The van der Waals surface area contributed by atoms with Gasteiger partial charge >= 0.3 is 0 Å². The lowest BCUT2D eigenvalue weighted by atomic mass is 10.1. The molecule has 1 aliphatic rings. The van der Waals surface area contributed by atoms with Crippen molar-refractivity contribution in [3.63, 3.8) is 0 Å². The van der Waals surface area contributed by atoms with Crippen LogP contribution in [0, 0.1) is 6.92 Å². The Kier molecular flexibility index (Phi) is 3.51. The largest absolute Gasteiger partial charge is 0.366 e. The van der Waals surface area contributed by atoms with E-state index in [2.05, 4.69) is 30.9 Å². The lowest BCUT2D eigenvalue weighted by Crippen LogP contribution is -2.34. The van der Waals surface area contributed by atoms with E-state index in [1.165, 1.54) is 24.9 Å². The van der Waals surface area contributed by atoms with Crippen LogP contribution in [0.4, 0.5) is 5.69 Å². The van der Waals surface area contributed by atoms with Crippen LogP contribution < -0.4 is 4.90 Å². The Bertz CT molecular complexity index is 413. The van der Waals surface area contributed by atoms with Crippen molar-refractivity contribution in [1.82, 2.24) is 0 Å². The van der Waals surface area contributed by atoms with Gasteiger partial charge in [0.1, 0.15) is 6.29 Å². The fourth-order valence-electron chi connectivity index (χ4n) is 2.89. The van der Waals surface area contributed by atoms with Crippen molar-refractivity contribution < 1.29 is 4.79 Å². The number of carbonyl (C=O) groups is 1. The number of hydrogen-bond donors (Lipinski definition) is 0. The lowest BCUT2D eigenvalue weighted by molar-refractivity contribution is 0.112. The number of rotatable bonds is 3. The van der Waals surface area contributed by atoms with E-state index < -0.39 is 0 Å². The molecule has 2 rings (SSSR count). The molecule has 1 fully saturated rings. The number of carbonyl (C=O) groups excluding carboxylic acids is 1. The van der Waals surface area contributed by atoms with Gasteiger partial charge in [-0.15, -0.1) is 0 Å². The molecule has 1 aromatic rings. The van der Waals surface area contributed by atoms with Crippen molar-refractivity contribution in [2.24, 2.45) is 0 Å². The predicted octanol–water partition coefficient (Wildman–Crippen LogP) is 3.57. The van der Waals surface area contributed by atoms with E-state index in [-0.39, 0.29) is 0 Å². The molecule has 0 aromatic heterocycles. The minimum absolute atomic E-state index is 0.612. The summed E-state index contributed by atoms with van der Waals surface area (Å²) in [7, 11) is 0. The molecule has 17 heavy (non-hydrogen) atoms. The molecule has 0 bridgehead atoms. The summed E-state index contributed by atoms with van der Waals surface area (Å²) in [5.41, 5.74) is 3.14. The minimum Gasteiger partial charge on any atom is -0.366 e. The molecule has 1 aromatic carbocycles. The van der Waals surface area contributed by atoms with Crippen LogP contribution in [0.1, 0.15) is 49.0 Å². The van der Waals surface area contributed by atoms with E-state index in [0.29, 0.717) is 12.1 Å². The summed E-state index contributed by atoms with van der Waals surface area (Å²) >= 11 is 0. The quantitative estimate of drug-likeness (QED) is 0.741. The molecule has 2 atom stereocenters. The Hall–Kier alpha value is -1.31. The molecule has 92 valence electrons. The molecule has 0 amide bonds. The van der Waals surface area contributed by atoms with Gasteiger partial charge in [0.2, 0.25) is 0 Å². The Morgan fingerprint density at radius 1 is 1.41 bits per heavy atom. The number of aryl methyl sites for hydroxylation is 1. The summed E-state index contributed by atoms with van der Waals surface area (Å²) in [5.74, 6) is 0. The molecular weight excluding hydrogens is 210 g/mol. The maximum absolute atomic E-state index is 10.8. The highest BCUT2D eigenvalue weighted by molar-refractivity contribution is 5.78. The van der Waals surface area contributed by atoms with E-state index in [9.17, 15) is 4.79 Å². The van der Waals surface area contributed by atoms with Crippen molar-refractivity contribution in [3.05, 3.63) is 29.3 Å². The van der Waals surface area contributed by atoms with Gasteiger partial charge in [0.15, 0.2) is 0 Å². The lowest BCUT2D eigenvalue weighted by Gasteiger charge is -2.30. The Morgan fingerprint density at radius 3 is 2.76 bits per heavy atom. The fraction of sp³-hybridized carbons (Fsp3) is 0.533. The fourth-order valence-corrected chi connectivity index (χ4v) is 2.89. The average Bonchev–Trinajstić information content (AvgIpc) is 2.70. The third-order valence-corrected chi connectivity index (χ3v) is 3.94. The summed E-state index contributed by atoms with van der Waals surface area (Å²) in [6.45, 7) is 6.55. The number of nitrogens with zero attached hydrogens (tertiary/aromatic N) is 1. The van der Waals surface area contributed by atoms with Crippen molar-refractivity contribution in [1.29, 1.82) is 0 Å². The third kappa shape index (κ3) is 2.21. The Morgan fingerprint density at radius 2 is 2.18 bits per heavy atom. The summed E-state index contributed by atoms with van der Waals surface area (Å²) in [6.07, 6.45) is 4.68. The van der Waals surface area contributed by atoms with Crippen LogP contribution in [0.5, 0.6) is 0 Å². The first-order valence-electron chi connectivity index (χ1n) is 6.51. The molecule has 1 saturated heterocycles. The second-order valence-electron chi connectivity index (χ2n) is 5.05. The van der Waals surface area contributed by atoms with Crippen LogP contribution in [-0.4, -0.2) is 18.4 Å². The Balaban J connectivity index is 2.32. The molecule has 1 heterocycles. The SMILES string of the molecule is CCC1CCC(C)N1c1ccc(C=O)c(C)c1. The van der Waals surface area contributed by atoms with Gasteiger partial charge in [0.05, 0.1) is 0 Å². The van der Waals surface area contributed by atoms with Gasteiger partial charge in [0, 0.05) is 23.3 Å². The second kappa shape index (κ2) is 4.91. The number of hydrogen-bond acceptors (Lipinski definition) is 2. The van der Waals surface area contributed by atoms with Crippen LogP contribution in [0.2, 0.25) is 0 Å². The molecular formula is C15H21NO. The zero-order chi connectivity index (χ0) is 12.4. The zero-order valence-electron chi connectivity index (χ0n) is 10.9. The van der Waals surface area contributed by atoms with Crippen molar-refractivity contribution in [2.75, 3.05) is 4.90 Å². The summed E-state index contributed by atoms with van der Waals surface area (Å²) < 4.78 is 0. The van der Waals surface area contributed by atoms with Crippen LogP contribution in [0.15, 0.2) is 18.2 Å². The van der Waals surface area contributed by atoms with Gasteiger partial charge in [-0.25, -0.2) is 0 Å². The standard InChI is InChI=1S/C15H21NO/c1-4-14-7-5-12(3)16(14)15-8-6-13(10-17)11(2)9-15/h6,8-10,12,14H,4-5,7H2,1-3H3. The van der Waals surface area contributed by atoms with Crippen LogP contribution in [0.3, 0.4) is 0 Å². The maximum atomic E-state index is 10.8. The highest BCUT2D eigenvalue weighted by Crippen LogP contribution is 2.32. The van der Waals surface area contributed by atoms with E-state index in [1.54, 1.807) is 0 Å². The highest BCUT2D eigenvalue weighted by atomic mass is 16.1. The van der Waals surface area contributed by atoms with Gasteiger partial charge in [-0.3, -0.25) is 4.79 Å². The number of benzene rings is 1. The van der Waals surface area contributed by atoms with E-state index >= 15 is 0 Å². The molecule has 2 heteroatoms. The third-order valence-electron chi connectivity index (χ3n) is 3.94. The zero-order valence-corrected chi connectivity index (χ0v) is 10.9. The van der Waals surface area contributed by atoms with Gasteiger partial charge in [-0.05, 0) is 56.9 Å². The van der Waals surface area contributed by atoms with E-state index in [4.69, 9.17) is 0 Å². The second-order valence-corrected chi connectivity index (χ2v) is 5.05. The van der Waals surface area contributed by atoms with Crippen LogP contribution >= 0.6 is 0 Å². The summed E-state index contributed by atoms with van der Waals surface area (Å²) in [6, 6.07) is 7.44. The first-order valence-corrected chi connectivity index (χ1v) is 6.51. The monoisotopic (exact) mass is 231 g/mol. The average molecular weight is 231 g/mol. The first kappa shape index (κ1) is 12.2. The van der Waals surface area contributed by atoms with Crippen LogP contribution in [0.25, 0.3) is 0 Å². The summed E-state index contributed by atoms with van der Waals surface area (Å²) in [5, 5.41) is 0. The first-order chi connectivity index (χ1) is 8.17. The topological polar surface area (TPSA) is 20.3 Å². The molecule has 1 aliphatic heterocycles. The minimum atomic E-state index is 0.612. The number of anilines is 1. The molecule has 0 saturated carbocycles. The van der Waals surface area contributed by atoms with Crippen molar-refractivity contribution in [3.8, 4) is 0 Å².